The monoisotopic (exact) mass is 360 g/mol. The van der Waals surface area contributed by atoms with Crippen LogP contribution in [0.2, 0.25) is 0 Å². The number of rotatable bonds is 5. The fourth-order valence-electron chi connectivity index (χ4n) is 2.24. The Labute approximate surface area is 142 Å². The molecule has 7 nitrogen and oxygen atoms in total. The van der Waals surface area contributed by atoms with Crippen molar-refractivity contribution in [1.29, 1.82) is 0 Å². The van der Waals surface area contributed by atoms with Crippen LogP contribution < -0.4 is 10.0 Å². The highest BCUT2D eigenvalue weighted by Crippen LogP contribution is 2.27. The molecule has 3 aromatic rings. The zero-order chi connectivity index (χ0) is 18.0. The van der Waals surface area contributed by atoms with Gasteiger partial charge in [-0.15, -0.1) is 0 Å². The minimum Gasteiger partial charge on any atom is -0.321 e. The molecule has 3 rings (SSSR count). The molecular weight excluding hydrogens is 347 g/mol. The molecule has 1 amide bonds. The highest BCUT2D eigenvalue weighted by Gasteiger charge is 2.19. The van der Waals surface area contributed by atoms with Gasteiger partial charge in [0.15, 0.2) is 5.69 Å². The summed E-state index contributed by atoms with van der Waals surface area (Å²) in [5, 5.41) is 10.3. The number of halogens is 1. The van der Waals surface area contributed by atoms with Crippen LogP contribution in [-0.4, -0.2) is 24.5 Å². The van der Waals surface area contributed by atoms with Crippen LogP contribution in [0.1, 0.15) is 10.5 Å². The minimum atomic E-state index is -3.75. The second-order valence-corrected chi connectivity index (χ2v) is 6.70. The topological polar surface area (TPSA) is 104 Å². The zero-order valence-corrected chi connectivity index (χ0v) is 13.6. The summed E-state index contributed by atoms with van der Waals surface area (Å²) >= 11 is 0. The lowest BCUT2D eigenvalue weighted by atomic mass is 10.1. The third-order valence-electron chi connectivity index (χ3n) is 3.38. The maximum Gasteiger partial charge on any atom is 0.276 e. The van der Waals surface area contributed by atoms with Gasteiger partial charge in [-0.2, -0.15) is 5.10 Å². The normalized spacial score (nSPS) is 11.2. The molecule has 128 valence electrons. The van der Waals surface area contributed by atoms with Crippen LogP contribution in [-0.2, 0) is 10.0 Å². The van der Waals surface area contributed by atoms with Crippen LogP contribution in [0.3, 0.4) is 0 Å². The van der Waals surface area contributed by atoms with Crippen molar-refractivity contribution < 1.29 is 17.6 Å². The predicted molar refractivity (Wildman–Crippen MR) is 93.2 cm³/mol. The Morgan fingerprint density at radius 2 is 1.92 bits per heavy atom. The zero-order valence-electron chi connectivity index (χ0n) is 12.8. The molecule has 0 bridgehead atoms. The van der Waals surface area contributed by atoms with Gasteiger partial charge in [-0.05, 0) is 36.4 Å². The fraction of sp³-hybridized carbons (Fsp3) is 0. The van der Waals surface area contributed by atoms with Gasteiger partial charge in [-0.25, -0.2) is 12.8 Å². The molecule has 0 aliphatic heterocycles. The van der Waals surface area contributed by atoms with E-state index in [4.69, 9.17) is 0 Å². The van der Waals surface area contributed by atoms with Crippen molar-refractivity contribution in [2.45, 2.75) is 0 Å². The van der Waals surface area contributed by atoms with Crippen molar-refractivity contribution in [3.63, 3.8) is 0 Å². The number of nitrogens with zero attached hydrogens (tertiary/aromatic N) is 1. The fourth-order valence-corrected chi connectivity index (χ4v) is 2.80. The average molecular weight is 360 g/mol. The number of benzene rings is 2. The Hall–Kier alpha value is -3.20. The largest absolute Gasteiger partial charge is 0.321 e. The van der Waals surface area contributed by atoms with E-state index in [1.54, 1.807) is 12.1 Å². The third kappa shape index (κ3) is 3.50. The van der Waals surface area contributed by atoms with Crippen LogP contribution in [0.25, 0.3) is 10.9 Å². The van der Waals surface area contributed by atoms with Gasteiger partial charge >= 0.3 is 0 Å². The molecule has 1 aromatic heterocycles. The quantitative estimate of drug-likeness (QED) is 0.651. The van der Waals surface area contributed by atoms with Gasteiger partial charge in [0.1, 0.15) is 5.82 Å². The van der Waals surface area contributed by atoms with Crippen molar-refractivity contribution in [2.24, 2.45) is 0 Å². The molecule has 0 unspecified atom stereocenters. The molecule has 1 heterocycles. The van der Waals surface area contributed by atoms with E-state index in [1.807, 2.05) is 0 Å². The van der Waals surface area contributed by atoms with Crippen LogP contribution in [0.15, 0.2) is 54.5 Å². The first kappa shape index (κ1) is 16.7. The van der Waals surface area contributed by atoms with Gasteiger partial charge in [0.25, 0.3) is 15.9 Å². The van der Waals surface area contributed by atoms with Crippen molar-refractivity contribution in [1.82, 2.24) is 10.2 Å². The molecule has 0 aliphatic rings. The lowest BCUT2D eigenvalue weighted by Crippen LogP contribution is -2.14. The Balaban J connectivity index is 2.00. The van der Waals surface area contributed by atoms with E-state index in [0.29, 0.717) is 16.6 Å². The van der Waals surface area contributed by atoms with E-state index in [-0.39, 0.29) is 11.4 Å². The van der Waals surface area contributed by atoms with E-state index in [9.17, 15) is 17.6 Å². The number of carbonyl (C=O) groups excluding carboxylic acids is 1. The summed E-state index contributed by atoms with van der Waals surface area (Å²) in [4.78, 5) is 12.5. The Kier molecular flexibility index (Phi) is 4.24. The number of aromatic nitrogens is 2. The highest BCUT2D eigenvalue weighted by molar-refractivity contribution is 7.95. The number of hydrogen-bond acceptors (Lipinski definition) is 4. The van der Waals surface area contributed by atoms with Gasteiger partial charge < -0.3 is 5.32 Å². The molecule has 25 heavy (non-hydrogen) atoms. The molecule has 0 saturated carbocycles. The maximum absolute atomic E-state index is 12.9. The molecule has 0 fully saturated rings. The van der Waals surface area contributed by atoms with Crippen molar-refractivity contribution in [3.8, 4) is 0 Å². The molecule has 9 heteroatoms. The van der Waals surface area contributed by atoms with Crippen LogP contribution in [0.5, 0.6) is 0 Å². The molecule has 0 spiro atoms. The number of fused-ring (bicyclic) bond motifs is 1. The maximum atomic E-state index is 12.9. The SMILES string of the molecule is C=CS(=O)(=O)Nc1cccc2[nH]nc(C(=O)Nc3ccc(F)cc3)c12. The van der Waals surface area contributed by atoms with Gasteiger partial charge in [-0.1, -0.05) is 12.6 Å². The second-order valence-electron chi connectivity index (χ2n) is 5.08. The van der Waals surface area contributed by atoms with Gasteiger partial charge in [0.05, 0.1) is 16.6 Å². The number of nitrogens with one attached hydrogen (secondary N) is 3. The number of hydrogen-bond donors (Lipinski definition) is 3. The van der Waals surface area contributed by atoms with Gasteiger partial charge in [0.2, 0.25) is 0 Å². The van der Waals surface area contributed by atoms with Crippen LogP contribution in [0.4, 0.5) is 15.8 Å². The lowest BCUT2D eigenvalue weighted by molar-refractivity contribution is 0.102. The Morgan fingerprint density at radius 1 is 1.20 bits per heavy atom. The predicted octanol–water partition coefficient (Wildman–Crippen LogP) is 2.84. The van der Waals surface area contributed by atoms with E-state index in [2.05, 4.69) is 26.8 Å². The summed E-state index contributed by atoms with van der Waals surface area (Å²) < 4.78 is 38.8. The first-order chi connectivity index (χ1) is 11.9. The summed E-state index contributed by atoms with van der Waals surface area (Å²) in [6, 6.07) is 10.0. The smallest absolute Gasteiger partial charge is 0.276 e. The summed E-state index contributed by atoms with van der Waals surface area (Å²) in [7, 11) is -3.75. The van der Waals surface area contributed by atoms with Crippen molar-refractivity contribution in [3.05, 3.63) is 66.0 Å². The number of amides is 1. The Morgan fingerprint density at radius 3 is 2.60 bits per heavy atom. The van der Waals surface area contributed by atoms with E-state index in [0.717, 1.165) is 5.41 Å². The van der Waals surface area contributed by atoms with Gasteiger partial charge in [0, 0.05) is 11.1 Å². The standard InChI is InChI=1S/C16H13FN4O3S/c1-2-25(23,24)21-13-5-3-4-12-14(13)15(20-19-12)16(22)18-11-8-6-10(17)7-9-11/h2-9,21H,1H2,(H,18,22)(H,19,20). The number of anilines is 2. The summed E-state index contributed by atoms with van der Waals surface area (Å²) in [6.45, 7) is 3.23. The number of carbonyl (C=O) groups is 1. The lowest BCUT2D eigenvalue weighted by Gasteiger charge is -2.07. The number of sulfonamides is 1. The second kappa shape index (κ2) is 6.36. The first-order valence-corrected chi connectivity index (χ1v) is 8.63. The number of aromatic amines is 1. The number of H-pyrrole nitrogens is 1. The van der Waals surface area contributed by atoms with E-state index >= 15 is 0 Å². The molecule has 3 N–H and O–H groups in total. The molecule has 0 atom stereocenters. The molecular formula is C16H13FN4O3S. The summed E-state index contributed by atoms with van der Waals surface area (Å²) in [5.41, 5.74) is 1.05. The summed E-state index contributed by atoms with van der Waals surface area (Å²) in [6.07, 6.45) is 0. The highest BCUT2D eigenvalue weighted by atomic mass is 32.2. The Bertz CT molecular complexity index is 1060. The summed E-state index contributed by atoms with van der Waals surface area (Å²) in [5.74, 6) is -0.993. The van der Waals surface area contributed by atoms with Gasteiger partial charge in [-0.3, -0.25) is 14.6 Å². The van der Waals surface area contributed by atoms with Crippen LogP contribution in [0, 0.1) is 5.82 Å². The van der Waals surface area contributed by atoms with E-state index in [1.165, 1.54) is 30.3 Å². The van der Waals surface area contributed by atoms with E-state index < -0.39 is 21.7 Å². The minimum absolute atomic E-state index is 0.00156. The third-order valence-corrected chi connectivity index (χ3v) is 4.32. The molecule has 2 aromatic carbocycles. The molecule has 0 aliphatic carbocycles. The van der Waals surface area contributed by atoms with Crippen molar-refractivity contribution >= 4 is 38.2 Å². The molecule has 0 radical (unpaired) electrons. The van der Waals surface area contributed by atoms with Crippen molar-refractivity contribution in [2.75, 3.05) is 10.0 Å². The molecule has 0 saturated heterocycles. The average Bonchev–Trinajstić information content (AvgIpc) is 3.02. The first-order valence-electron chi connectivity index (χ1n) is 7.09. The van der Waals surface area contributed by atoms with Crippen LogP contribution >= 0.6 is 0 Å².